The first-order valence-corrected chi connectivity index (χ1v) is 6.97. The van der Waals surface area contributed by atoms with Crippen LogP contribution in [0.4, 0.5) is 4.79 Å². The Morgan fingerprint density at radius 2 is 2.21 bits per heavy atom. The highest BCUT2D eigenvalue weighted by Crippen LogP contribution is 2.14. The standard InChI is InChI=1S/C13H25N3O3/c1-13(2,3)19-12(17)16-4-5-18-9-11(16)8-15-10-6-14-7-10/h10-11,14-15H,4-9H2,1-3H3. The minimum atomic E-state index is -0.453. The van der Waals surface area contributed by atoms with E-state index in [0.717, 1.165) is 19.6 Å². The fourth-order valence-corrected chi connectivity index (χ4v) is 2.12. The van der Waals surface area contributed by atoms with Crippen LogP contribution in [0.15, 0.2) is 0 Å². The Morgan fingerprint density at radius 1 is 1.47 bits per heavy atom. The molecule has 0 saturated carbocycles. The number of carbonyl (C=O) groups excluding carboxylic acids is 1. The molecular formula is C13H25N3O3. The van der Waals surface area contributed by atoms with Crippen LogP contribution in [0, 0.1) is 0 Å². The van der Waals surface area contributed by atoms with Gasteiger partial charge >= 0.3 is 6.09 Å². The van der Waals surface area contributed by atoms with Gasteiger partial charge < -0.3 is 20.1 Å². The summed E-state index contributed by atoms with van der Waals surface area (Å²) in [6, 6.07) is 0.576. The van der Waals surface area contributed by atoms with Crippen LogP contribution in [0.2, 0.25) is 0 Å². The van der Waals surface area contributed by atoms with Gasteiger partial charge in [-0.3, -0.25) is 4.90 Å². The summed E-state index contributed by atoms with van der Waals surface area (Å²) >= 11 is 0. The highest BCUT2D eigenvalue weighted by atomic mass is 16.6. The van der Waals surface area contributed by atoms with Gasteiger partial charge in [-0.15, -0.1) is 0 Å². The molecule has 110 valence electrons. The van der Waals surface area contributed by atoms with E-state index in [4.69, 9.17) is 9.47 Å². The van der Waals surface area contributed by atoms with E-state index in [-0.39, 0.29) is 12.1 Å². The molecule has 19 heavy (non-hydrogen) atoms. The van der Waals surface area contributed by atoms with Gasteiger partial charge in [0.15, 0.2) is 0 Å². The van der Waals surface area contributed by atoms with Gasteiger partial charge in [-0.05, 0) is 20.8 Å². The second-order valence-corrected chi connectivity index (χ2v) is 6.17. The number of morpholine rings is 1. The fourth-order valence-electron chi connectivity index (χ4n) is 2.12. The second-order valence-electron chi connectivity index (χ2n) is 6.17. The van der Waals surface area contributed by atoms with Gasteiger partial charge in [0.1, 0.15) is 5.60 Å². The molecule has 0 aliphatic carbocycles. The normalized spacial score (nSPS) is 25.0. The van der Waals surface area contributed by atoms with Crippen molar-refractivity contribution in [3.05, 3.63) is 0 Å². The average Bonchev–Trinajstić information content (AvgIpc) is 2.25. The summed E-state index contributed by atoms with van der Waals surface area (Å²) in [7, 11) is 0. The molecule has 2 saturated heterocycles. The average molecular weight is 271 g/mol. The minimum absolute atomic E-state index is 0.0594. The molecule has 2 aliphatic rings. The van der Waals surface area contributed by atoms with Crippen molar-refractivity contribution >= 4 is 6.09 Å². The molecule has 2 rings (SSSR count). The number of amides is 1. The quantitative estimate of drug-likeness (QED) is 0.767. The molecular weight excluding hydrogens is 246 g/mol. The van der Waals surface area contributed by atoms with Crippen molar-refractivity contribution in [3.63, 3.8) is 0 Å². The molecule has 1 amide bonds. The van der Waals surface area contributed by atoms with Crippen molar-refractivity contribution in [1.82, 2.24) is 15.5 Å². The van der Waals surface area contributed by atoms with Crippen molar-refractivity contribution in [3.8, 4) is 0 Å². The van der Waals surface area contributed by atoms with Crippen LogP contribution in [-0.2, 0) is 9.47 Å². The van der Waals surface area contributed by atoms with Gasteiger partial charge in [0.25, 0.3) is 0 Å². The zero-order valence-corrected chi connectivity index (χ0v) is 12.1. The lowest BCUT2D eigenvalue weighted by Gasteiger charge is -2.38. The third kappa shape index (κ3) is 4.33. The smallest absolute Gasteiger partial charge is 0.410 e. The number of rotatable bonds is 3. The van der Waals surface area contributed by atoms with Crippen LogP contribution in [0.3, 0.4) is 0 Å². The molecule has 0 spiro atoms. The molecule has 6 heteroatoms. The number of hydrogen-bond donors (Lipinski definition) is 2. The number of carbonyl (C=O) groups is 1. The molecule has 0 radical (unpaired) electrons. The molecule has 0 aromatic rings. The van der Waals surface area contributed by atoms with Gasteiger partial charge in [-0.2, -0.15) is 0 Å². The Balaban J connectivity index is 1.85. The maximum absolute atomic E-state index is 12.2. The van der Waals surface area contributed by atoms with Crippen LogP contribution in [0.5, 0.6) is 0 Å². The Labute approximate surface area is 114 Å². The summed E-state index contributed by atoms with van der Waals surface area (Å²) in [6.45, 7) is 10.2. The second kappa shape index (κ2) is 6.07. The molecule has 2 aliphatic heterocycles. The van der Waals surface area contributed by atoms with Crippen molar-refractivity contribution in [2.45, 2.75) is 38.5 Å². The lowest BCUT2D eigenvalue weighted by molar-refractivity contribution is -0.0324. The number of hydrogen-bond acceptors (Lipinski definition) is 5. The van der Waals surface area contributed by atoms with Crippen molar-refractivity contribution in [1.29, 1.82) is 0 Å². The molecule has 0 bridgehead atoms. The molecule has 1 atom stereocenters. The lowest BCUT2D eigenvalue weighted by Crippen LogP contribution is -2.60. The van der Waals surface area contributed by atoms with E-state index in [1.807, 2.05) is 20.8 Å². The number of nitrogens with zero attached hydrogens (tertiary/aromatic N) is 1. The van der Waals surface area contributed by atoms with E-state index in [2.05, 4.69) is 10.6 Å². The molecule has 0 aromatic carbocycles. The van der Waals surface area contributed by atoms with Crippen LogP contribution >= 0.6 is 0 Å². The first-order chi connectivity index (χ1) is 8.96. The molecule has 6 nitrogen and oxygen atoms in total. The van der Waals surface area contributed by atoms with E-state index in [1.54, 1.807) is 4.90 Å². The van der Waals surface area contributed by atoms with E-state index >= 15 is 0 Å². The van der Waals surface area contributed by atoms with Crippen LogP contribution in [0.25, 0.3) is 0 Å². The van der Waals surface area contributed by atoms with E-state index in [0.29, 0.717) is 25.8 Å². The van der Waals surface area contributed by atoms with Gasteiger partial charge in [0, 0.05) is 32.2 Å². The Kier molecular flexibility index (Phi) is 4.65. The summed E-state index contributed by atoms with van der Waals surface area (Å²) in [5.74, 6) is 0. The third-order valence-electron chi connectivity index (χ3n) is 3.28. The van der Waals surface area contributed by atoms with Crippen LogP contribution in [0.1, 0.15) is 20.8 Å². The van der Waals surface area contributed by atoms with Crippen molar-refractivity contribution in [2.75, 3.05) is 39.4 Å². The van der Waals surface area contributed by atoms with Gasteiger partial charge in [0.2, 0.25) is 0 Å². The van der Waals surface area contributed by atoms with Crippen molar-refractivity contribution < 1.29 is 14.3 Å². The summed E-state index contributed by atoms with van der Waals surface area (Å²) in [4.78, 5) is 13.9. The SMILES string of the molecule is CC(C)(C)OC(=O)N1CCOCC1CNC1CNC1. The minimum Gasteiger partial charge on any atom is -0.444 e. The van der Waals surface area contributed by atoms with E-state index < -0.39 is 5.60 Å². The highest BCUT2D eigenvalue weighted by molar-refractivity contribution is 5.68. The zero-order valence-electron chi connectivity index (χ0n) is 12.1. The number of ether oxygens (including phenoxy) is 2. The Bertz CT molecular complexity index is 313. The predicted molar refractivity (Wildman–Crippen MR) is 72.2 cm³/mol. The van der Waals surface area contributed by atoms with Crippen molar-refractivity contribution in [2.24, 2.45) is 0 Å². The first-order valence-electron chi connectivity index (χ1n) is 6.97. The largest absolute Gasteiger partial charge is 0.444 e. The molecule has 1 unspecified atom stereocenters. The van der Waals surface area contributed by atoms with Gasteiger partial charge in [-0.25, -0.2) is 4.79 Å². The molecule has 2 N–H and O–H groups in total. The van der Waals surface area contributed by atoms with E-state index in [9.17, 15) is 4.79 Å². The third-order valence-corrected chi connectivity index (χ3v) is 3.28. The maximum Gasteiger partial charge on any atom is 0.410 e. The number of nitrogens with one attached hydrogen (secondary N) is 2. The molecule has 2 fully saturated rings. The monoisotopic (exact) mass is 271 g/mol. The van der Waals surface area contributed by atoms with E-state index in [1.165, 1.54) is 0 Å². The summed E-state index contributed by atoms with van der Waals surface area (Å²) < 4.78 is 10.9. The topological polar surface area (TPSA) is 62.8 Å². The van der Waals surface area contributed by atoms with Crippen LogP contribution in [-0.4, -0.2) is 68.1 Å². The summed E-state index contributed by atoms with van der Waals surface area (Å²) in [5.41, 5.74) is -0.453. The predicted octanol–water partition coefficient (Wildman–Crippen LogP) is 0.184. The maximum atomic E-state index is 12.2. The Morgan fingerprint density at radius 3 is 2.79 bits per heavy atom. The summed E-state index contributed by atoms with van der Waals surface area (Å²) in [6.07, 6.45) is -0.241. The zero-order chi connectivity index (χ0) is 13.9. The fraction of sp³-hybridized carbons (Fsp3) is 0.923. The van der Waals surface area contributed by atoms with Gasteiger partial charge in [0.05, 0.1) is 19.3 Å². The summed E-state index contributed by atoms with van der Waals surface area (Å²) in [5, 5.41) is 6.66. The molecule has 0 aromatic heterocycles. The highest BCUT2D eigenvalue weighted by Gasteiger charge is 2.31. The van der Waals surface area contributed by atoms with Gasteiger partial charge in [-0.1, -0.05) is 0 Å². The molecule has 2 heterocycles. The van der Waals surface area contributed by atoms with Crippen LogP contribution < -0.4 is 10.6 Å². The lowest BCUT2D eigenvalue weighted by atomic mass is 10.1. The first kappa shape index (κ1) is 14.6. The Hall–Kier alpha value is -0.850.